The van der Waals surface area contributed by atoms with Gasteiger partial charge in [-0.2, -0.15) is 0 Å². The Morgan fingerprint density at radius 3 is 2.12 bits per heavy atom. The molecule has 0 aromatic heterocycles. The Kier molecular flexibility index (Phi) is 1.88. The number of rotatable bonds is 2. The highest BCUT2D eigenvalue weighted by atomic mass is 35.9. The fourth-order valence-electron chi connectivity index (χ4n) is 0.347. The molecule has 1 fully saturated rings. The molecule has 0 aromatic rings. The Morgan fingerprint density at radius 2 is 2.00 bits per heavy atom. The third-order valence-electron chi connectivity index (χ3n) is 0.796. The zero-order chi connectivity index (χ0) is 6.20. The van der Waals surface area contributed by atoms with Crippen LogP contribution in [0.15, 0.2) is 0 Å². The summed E-state index contributed by atoms with van der Waals surface area (Å²) >= 11 is 10.1. The second-order valence-electron chi connectivity index (χ2n) is 1.72. The van der Waals surface area contributed by atoms with Crippen molar-refractivity contribution in [3.63, 3.8) is 0 Å². The van der Waals surface area contributed by atoms with Crippen LogP contribution in [-0.4, -0.2) is 6.10 Å². The van der Waals surface area contributed by atoms with Crippen molar-refractivity contribution < 1.29 is 9.09 Å². The molecule has 0 bridgehead atoms. The van der Waals surface area contributed by atoms with Gasteiger partial charge in [-0.3, -0.25) is 4.57 Å². The molecule has 1 rings (SSSR count). The molecule has 0 spiro atoms. The van der Waals surface area contributed by atoms with Crippen LogP contribution in [0, 0.1) is 0 Å². The lowest BCUT2D eigenvalue weighted by Crippen LogP contribution is -1.80. The van der Waals surface area contributed by atoms with Crippen LogP contribution in [0.5, 0.6) is 0 Å². The minimum atomic E-state index is -3.21. The van der Waals surface area contributed by atoms with Crippen molar-refractivity contribution in [3.05, 3.63) is 0 Å². The fourth-order valence-corrected chi connectivity index (χ4v) is 1.58. The van der Waals surface area contributed by atoms with Gasteiger partial charge in [-0.1, -0.05) is 0 Å². The molecule has 48 valence electrons. The maximum Gasteiger partial charge on any atom is 0.380 e. The minimum Gasteiger partial charge on any atom is -0.303 e. The Balaban J connectivity index is 2.26. The number of halogens is 2. The first-order valence-electron chi connectivity index (χ1n) is 2.26. The van der Waals surface area contributed by atoms with Crippen LogP contribution in [0.1, 0.15) is 12.8 Å². The molecule has 0 amide bonds. The molecule has 0 aromatic carbocycles. The largest absolute Gasteiger partial charge is 0.380 e. The molecule has 0 unspecified atom stereocenters. The van der Waals surface area contributed by atoms with Crippen LogP contribution in [0.2, 0.25) is 0 Å². The lowest BCUT2D eigenvalue weighted by atomic mass is 10.9. The third kappa shape index (κ3) is 2.93. The van der Waals surface area contributed by atoms with Gasteiger partial charge in [0.25, 0.3) is 0 Å². The molecule has 0 saturated heterocycles. The van der Waals surface area contributed by atoms with Crippen LogP contribution >= 0.6 is 28.6 Å². The lowest BCUT2D eigenvalue weighted by molar-refractivity contribution is 0.320. The van der Waals surface area contributed by atoms with Crippen LogP contribution in [-0.2, 0) is 9.09 Å². The van der Waals surface area contributed by atoms with Crippen molar-refractivity contribution in [1.82, 2.24) is 0 Å². The summed E-state index contributed by atoms with van der Waals surface area (Å²) in [5, 5.41) is 0. The second kappa shape index (κ2) is 2.18. The molecule has 1 aliphatic carbocycles. The van der Waals surface area contributed by atoms with Crippen LogP contribution < -0.4 is 0 Å². The SMILES string of the molecule is O=P(Cl)(Cl)OC1CC1. The Morgan fingerprint density at radius 1 is 1.50 bits per heavy atom. The third-order valence-corrected chi connectivity index (χ3v) is 1.82. The Labute approximate surface area is 57.1 Å². The summed E-state index contributed by atoms with van der Waals surface area (Å²) in [7, 11) is 0. The van der Waals surface area contributed by atoms with Crippen molar-refractivity contribution >= 4 is 28.6 Å². The normalized spacial score (nSPS) is 21.2. The standard InChI is InChI=1S/C3H5Cl2O2P/c4-8(5,6)7-3-1-2-3/h3H,1-2H2. The van der Waals surface area contributed by atoms with Crippen molar-refractivity contribution in [3.8, 4) is 0 Å². The monoisotopic (exact) mass is 174 g/mol. The highest BCUT2D eigenvalue weighted by Crippen LogP contribution is 2.60. The van der Waals surface area contributed by atoms with E-state index < -0.39 is 6.07 Å². The van der Waals surface area contributed by atoms with Crippen molar-refractivity contribution in [2.24, 2.45) is 0 Å². The lowest BCUT2D eigenvalue weighted by Gasteiger charge is -1.98. The van der Waals surface area contributed by atoms with E-state index in [1.54, 1.807) is 0 Å². The number of hydrogen-bond donors (Lipinski definition) is 0. The zero-order valence-electron chi connectivity index (χ0n) is 4.01. The fraction of sp³-hybridized carbons (Fsp3) is 1.00. The van der Waals surface area contributed by atoms with Gasteiger partial charge in [0.15, 0.2) is 0 Å². The maximum atomic E-state index is 10.4. The highest BCUT2D eigenvalue weighted by molar-refractivity contribution is 8.05. The maximum absolute atomic E-state index is 10.4. The first-order chi connectivity index (χ1) is 3.58. The minimum absolute atomic E-state index is 0.0656. The van der Waals surface area contributed by atoms with Crippen LogP contribution in [0.3, 0.4) is 0 Å². The molecule has 1 aliphatic rings. The second-order valence-corrected chi connectivity index (χ2v) is 5.95. The molecule has 0 N–H and O–H groups in total. The van der Waals surface area contributed by atoms with E-state index >= 15 is 0 Å². The summed E-state index contributed by atoms with van der Waals surface area (Å²) in [6.45, 7) is 0. The Bertz CT molecular complexity index is 127. The molecule has 0 aliphatic heterocycles. The summed E-state index contributed by atoms with van der Waals surface area (Å²) in [5.41, 5.74) is 0. The van der Waals surface area contributed by atoms with Crippen molar-refractivity contribution in [1.29, 1.82) is 0 Å². The predicted molar refractivity (Wildman–Crippen MR) is 33.4 cm³/mol. The zero-order valence-corrected chi connectivity index (χ0v) is 6.42. The van der Waals surface area contributed by atoms with Gasteiger partial charge < -0.3 is 4.52 Å². The first-order valence-corrected chi connectivity index (χ1v) is 5.69. The summed E-state index contributed by atoms with van der Waals surface area (Å²) < 4.78 is 15.0. The molecule has 5 heteroatoms. The predicted octanol–water partition coefficient (Wildman–Crippen LogP) is 2.75. The van der Waals surface area contributed by atoms with E-state index in [0.717, 1.165) is 12.8 Å². The van der Waals surface area contributed by atoms with Crippen LogP contribution in [0.4, 0.5) is 0 Å². The molecule has 0 atom stereocenters. The smallest absolute Gasteiger partial charge is 0.303 e. The van der Waals surface area contributed by atoms with E-state index in [2.05, 4.69) is 4.52 Å². The molecule has 8 heavy (non-hydrogen) atoms. The van der Waals surface area contributed by atoms with Crippen molar-refractivity contribution in [2.45, 2.75) is 18.9 Å². The summed E-state index contributed by atoms with van der Waals surface area (Å²) in [6, 6.07) is 0. The van der Waals surface area contributed by atoms with Gasteiger partial charge in [-0.15, -0.1) is 0 Å². The van der Waals surface area contributed by atoms with Gasteiger partial charge in [0.1, 0.15) is 0 Å². The van der Waals surface area contributed by atoms with Gasteiger partial charge in [0, 0.05) is 0 Å². The van der Waals surface area contributed by atoms with E-state index in [9.17, 15) is 4.57 Å². The van der Waals surface area contributed by atoms with E-state index in [1.807, 2.05) is 0 Å². The molecular weight excluding hydrogens is 170 g/mol. The van der Waals surface area contributed by atoms with Gasteiger partial charge in [0.2, 0.25) is 0 Å². The topological polar surface area (TPSA) is 26.3 Å². The van der Waals surface area contributed by atoms with E-state index in [1.165, 1.54) is 0 Å². The van der Waals surface area contributed by atoms with E-state index in [4.69, 9.17) is 22.5 Å². The molecular formula is C3H5Cl2O2P. The molecule has 0 radical (unpaired) electrons. The van der Waals surface area contributed by atoms with Crippen LogP contribution in [0.25, 0.3) is 0 Å². The molecule has 2 nitrogen and oxygen atoms in total. The van der Waals surface area contributed by atoms with E-state index in [-0.39, 0.29) is 6.10 Å². The van der Waals surface area contributed by atoms with Crippen molar-refractivity contribution in [2.75, 3.05) is 0 Å². The molecule has 1 saturated carbocycles. The number of hydrogen-bond acceptors (Lipinski definition) is 2. The average Bonchev–Trinajstić information content (AvgIpc) is 2.12. The summed E-state index contributed by atoms with van der Waals surface area (Å²) in [5.74, 6) is 0. The summed E-state index contributed by atoms with van der Waals surface area (Å²) in [4.78, 5) is 0. The summed E-state index contributed by atoms with van der Waals surface area (Å²) in [6.07, 6.45) is -1.28. The Hall–Kier alpha value is 0.770. The average molecular weight is 175 g/mol. The first kappa shape index (κ1) is 6.88. The van der Waals surface area contributed by atoms with Gasteiger partial charge in [-0.25, -0.2) is 0 Å². The van der Waals surface area contributed by atoms with Gasteiger partial charge in [-0.05, 0) is 35.3 Å². The van der Waals surface area contributed by atoms with Gasteiger partial charge >= 0.3 is 6.07 Å². The molecule has 0 heterocycles. The highest BCUT2D eigenvalue weighted by Gasteiger charge is 2.30. The van der Waals surface area contributed by atoms with E-state index in [0.29, 0.717) is 0 Å². The van der Waals surface area contributed by atoms with Gasteiger partial charge in [0.05, 0.1) is 6.10 Å². The quantitative estimate of drug-likeness (QED) is 0.603.